The molecular weight excluding hydrogens is 433 g/mol. The van der Waals surface area contributed by atoms with E-state index >= 15 is 0 Å². The number of hydrogen-bond acceptors (Lipinski definition) is 3. The van der Waals surface area contributed by atoms with Crippen LogP contribution in [-0.2, 0) is 16.2 Å². The number of nitrogens with zero attached hydrogens (tertiary/aromatic N) is 2. The summed E-state index contributed by atoms with van der Waals surface area (Å²) in [6.07, 6.45) is -4.40. The molecule has 0 atom stereocenters. The van der Waals surface area contributed by atoms with Gasteiger partial charge in [-0.25, -0.2) is 8.42 Å². The molecule has 0 spiro atoms. The molecule has 4 nitrogen and oxygen atoms in total. The standard InChI is InChI=1S/C17H16BrF3N2O2S/c18-14-4-6-16(7-5-14)26(24,25)23-10-8-22(9-11-23)15-3-1-2-13(12-15)17(19,20)21/h1-7,12H,8-11H2. The highest BCUT2D eigenvalue weighted by molar-refractivity contribution is 9.10. The molecule has 1 aliphatic heterocycles. The number of piperazine rings is 1. The second kappa shape index (κ2) is 7.21. The summed E-state index contributed by atoms with van der Waals surface area (Å²) >= 11 is 3.27. The van der Waals surface area contributed by atoms with Gasteiger partial charge in [0.05, 0.1) is 10.5 Å². The van der Waals surface area contributed by atoms with Crippen molar-refractivity contribution in [3.8, 4) is 0 Å². The van der Waals surface area contributed by atoms with Crippen LogP contribution in [0.2, 0.25) is 0 Å². The maximum absolute atomic E-state index is 12.9. The molecule has 0 aromatic heterocycles. The molecule has 0 bridgehead atoms. The number of hydrogen-bond donors (Lipinski definition) is 0. The van der Waals surface area contributed by atoms with Gasteiger partial charge >= 0.3 is 6.18 Å². The fourth-order valence-electron chi connectivity index (χ4n) is 2.82. The Morgan fingerprint density at radius 2 is 1.54 bits per heavy atom. The van der Waals surface area contributed by atoms with Crippen LogP contribution >= 0.6 is 15.9 Å². The fraction of sp³-hybridized carbons (Fsp3) is 0.294. The lowest BCUT2D eigenvalue weighted by atomic mass is 10.1. The number of alkyl halides is 3. The highest BCUT2D eigenvalue weighted by Gasteiger charge is 2.32. The van der Waals surface area contributed by atoms with E-state index < -0.39 is 21.8 Å². The average molecular weight is 449 g/mol. The molecule has 2 aromatic rings. The molecule has 1 fully saturated rings. The van der Waals surface area contributed by atoms with Crippen LogP contribution in [0.15, 0.2) is 57.9 Å². The van der Waals surface area contributed by atoms with Gasteiger partial charge in [0.15, 0.2) is 0 Å². The van der Waals surface area contributed by atoms with Crippen LogP contribution in [0.3, 0.4) is 0 Å². The summed E-state index contributed by atoms with van der Waals surface area (Å²) in [5.41, 5.74) is -0.263. The molecule has 1 aliphatic rings. The van der Waals surface area contributed by atoms with Gasteiger partial charge in [-0.3, -0.25) is 0 Å². The van der Waals surface area contributed by atoms with Crippen LogP contribution in [0, 0.1) is 0 Å². The molecule has 0 radical (unpaired) electrons. The van der Waals surface area contributed by atoms with Gasteiger partial charge < -0.3 is 4.90 Å². The van der Waals surface area contributed by atoms with Gasteiger partial charge in [-0.15, -0.1) is 0 Å². The van der Waals surface area contributed by atoms with Gasteiger partial charge in [-0.1, -0.05) is 22.0 Å². The molecule has 2 aromatic carbocycles. The lowest BCUT2D eigenvalue weighted by Gasteiger charge is -2.35. The topological polar surface area (TPSA) is 40.6 Å². The van der Waals surface area contributed by atoms with Crippen LogP contribution in [0.25, 0.3) is 0 Å². The van der Waals surface area contributed by atoms with E-state index in [1.807, 2.05) is 0 Å². The zero-order valence-corrected chi connectivity index (χ0v) is 16.0. The minimum atomic E-state index is -4.40. The lowest BCUT2D eigenvalue weighted by Crippen LogP contribution is -2.48. The highest BCUT2D eigenvalue weighted by atomic mass is 79.9. The number of rotatable bonds is 3. The van der Waals surface area contributed by atoms with Crippen molar-refractivity contribution in [1.29, 1.82) is 0 Å². The average Bonchev–Trinajstić information content (AvgIpc) is 2.62. The number of halogens is 4. The summed E-state index contributed by atoms with van der Waals surface area (Å²) in [5, 5.41) is 0. The van der Waals surface area contributed by atoms with E-state index in [0.717, 1.165) is 16.6 Å². The zero-order valence-electron chi connectivity index (χ0n) is 13.6. The Morgan fingerprint density at radius 3 is 2.12 bits per heavy atom. The minimum Gasteiger partial charge on any atom is -0.369 e. The molecule has 0 amide bonds. The molecular formula is C17H16BrF3N2O2S. The molecule has 1 heterocycles. The first-order valence-electron chi connectivity index (χ1n) is 7.86. The summed E-state index contributed by atoms with van der Waals surface area (Å²) in [7, 11) is -3.61. The van der Waals surface area contributed by atoms with Crippen LogP contribution in [0.5, 0.6) is 0 Å². The van der Waals surface area contributed by atoms with Gasteiger partial charge in [0.2, 0.25) is 10.0 Å². The molecule has 0 unspecified atom stereocenters. The second-order valence-corrected chi connectivity index (χ2v) is 8.75. The van der Waals surface area contributed by atoms with Crippen molar-refractivity contribution in [1.82, 2.24) is 4.31 Å². The Kier molecular flexibility index (Phi) is 5.32. The van der Waals surface area contributed by atoms with E-state index in [2.05, 4.69) is 15.9 Å². The molecule has 0 aliphatic carbocycles. The van der Waals surface area contributed by atoms with Crippen molar-refractivity contribution in [2.45, 2.75) is 11.1 Å². The molecule has 26 heavy (non-hydrogen) atoms. The number of sulfonamides is 1. The van der Waals surface area contributed by atoms with Crippen molar-refractivity contribution in [2.75, 3.05) is 31.1 Å². The Balaban J connectivity index is 1.72. The molecule has 0 N–H and O–H groups in total. The van der Waals surface area contributed by atoms with Gasteiger partial charge in [0, 0.05) is 36.3 Å². The predicted octanol–water partition coefficient (Wildman–Crippen LogP) is 3.98. The highest BCUT2D eigenvalue weighted by Crippen LogP contribution is 2.32. The number of benzene rings is 2. The molecule has 0 saturated carbocycles. The van der Waals surface area contributed by atoms with E-state index in [1.165, 1.54) is 22.5 Å². The maximum Gasteiger partial charge on any atom is 0.416 e. The summed E-state index contributed by atoms with van der Waals surface area (Å²) in [6, 6.07) is 11.5. The van der Waals surface area contributed by atoms with Gasteiger partial charge in [0.25, 0.3) is 0 Å². The van der Waals surface area contributed by atoms with E-state index in [1.54, 1.807) is 23.1 Å². The molecule has 1 saturated heterocycles. The Labute approximate surface area is 158 Å². The van der Waals surface area contributed by atoms with E-state index in [-0.39, 0.29) is 18.0 Å². The van der Waals surface area contributed by atoms with Crippen LogP contribution in [-0.4, -0.2) is 38.9 Å². The Morgan fingerprint density at radius 1 is 0.923 bits per heavy atom. The number of anilines is 1. The van der Waals surface area contributed by atoms with E-state index in [4.69, 9.17) is 0 Å². The Bertz CT molecular complexity index is 878. The van der Waals surface area contributed by atoms with E-state index in [9.17, 15) is 21.6 Å². The molecule has 140 valence electrons. The Hall–Kier alpha value is -1.58. The molecule has 9 heteroatoms. The minimum absolute atomic E-state index is 0.202. The summed E-state index contributed by atoms with van der Waals surface area (Å²) in [4.78, 5) is 1.97. The van der Waals surface area contributed by atoms with E-state index in [0.29, 0.717) is 18.8 Å². The first-order valence-corrected chi connectivity index (χ1v) is 10.1. The SMILES string of the molecule is O=S(=O)(c1ccc(Br)cc1)N1CCN(c2cccc(C(F)(F)F)c2)CC1. The third kappa shape index (κ3) is 4.05. The van der Waals surface area contributed by atoms with Crippen LogP contribution in [0.4, 0.5) is 18.9 Å². The lowest BCUT2D eigenvalue weighted by molar-refractivity contribution is -0.137. The summed E-state index contributed by atoms with van der Waals surface area (Å²) in [6.45, 7) is 1.09. The van der Waals surface area contributed by atoms with Gasteiger partial charge in [-0.2, -0.15) is 17.5 Å². The summed E-state index contributed by atoms with van der Waals surface area (Å²) < 4.78 is 66.1. The third-order valence-electron chi connectivity index (χ3n) is 4.23. The van der Waals surface area contributed by atoms with Gasteiger partial charge in [-0.05, 0) is 42.5 Å². The molecule has 3 rings (SSSR count). The second-order valence-electron chi connectivity index (χ2n) is 5.89. The fourth-order valence-corrected chi connectivity index (χ4v) is 4.51. The summed E-state index contributed by atoms with van der Waals surface area (Å²) in [5.74, 6) is 0. The monoisotopic (exact) mass is 448 g/mol. The third-order valence-corrected chi connectivity index (χ3v) is 6.67. The predicted molar refractivity (Wildman–Crippen MR) is 96.6 cm³/mol. The van der Waals surface area contributed by atoms with Crippen LogP contribution in [0.1, 0.15) is 5.56 Å². The zero-order chi connectivity index (χ0) is 18.9. The van der Waals surface area contributed by atoms with Crippen molar-refractivity contribution >= 4 is 31.6 Å². The quantitative estimate of drug-likeness (QED) is 0.712. The van der Waals surface area contributed by atoms with Crippen molar-refractivity contribution in [3.05, 3.63) is 58.6 Å². The van der Waals surface area contributed by atoms with Crippen molar-refractivity contribution in [2.24, 2.45) is 0 Å². The van der Waals surface area contributed by atoms with Crippen molar-refractivity contribution < 1.29 is 21.6 Å². The largest absolute Gasteiger partial charge is 0.416 e. The smallest absolute Gasteiger partial charge is 0.369 e. The van der Waals surface area contributed by atoms with Crippen LogP contribution < -0.4 is 4.90 Å². The first-order chi connectivity index (χ1) is 12.2. The van der Waals surface area contributed by atoms with Gasteiger partial charge in [0.1, 0.15) is 0 Å². The first kappa shape index (κ1) is 19.2. The van der Waals surface area contributed by atoms with Crippen molar-refractivity contribution in [3.63, 3.8) is 0 Å². The normalized spacial score (nSPS) is 16.7. The maximum atomic E-state index is 12.9.